The number of nitrogens with one attached hydrogen (secondary N) is 3. The predicted molar refractivity (Wildman–Crippen MR) is 81.2 cm³/mol. The van der Waals surface area contributed by atoms with Crippen LogP contribution in [0.5, 0.6) is 0 Å². The normalized spacial score (nSPS) is 19.0. The Hall–Kier alpha value is -1.92. The van der Waals surface area contributed by atoms with Crippen LogP contribution in [0, 0.1) is 0 Å². The fraction of sp³-hybridized carbons (Fsp3) is 0.467. The minimum atomic E-state index is -0.522. The Balaban J connectivity index is 1.97. The van der Waals surface area contributed by atoms with Crippen LogP contribution in [0.2, 0.25) is 0 Å². The van der Waals surface area contributed by atoms with Crippen molar-refractivity contribution >= 4 is 23.2 Å². The molecular formula is C15H21N3O3. The molecule has 2 rings (SSSR count). The maximum atomic E-state index is 12.0. The lowest BCUT2D eigenvalue weighted by molar-refractivity contribution is -0.124. The molecule has 114 valence electrons. The van der Waals surface area contributed by atoms with Crippen LogP contribution >= 0.6 is 0 Å². The van der Waals surface area contributed by atoms with E-state index in [0.29, 0.717) is 11.4 Å². The van der Waals surface area contributed by atoms with E-state index in [9.17, 15) is 9.59 Å². The zero-order chi connectivity index (χ0) is 15.2. The number of ether oxygens (including phenoxy) is 1. The number of rotatable bonds is 5. The average Bonchev–Trinajstić information content (AvgIpc) is 3.01. The van der Waals surface area contributed by atoms with E-state index in [0.717, 1.165) is 19.4 Å². The first-order valence-electron chi connectivity index (χ1n) is 7.08. The van der Waals surface area contributed by atoms with Gasteiger partial charge in [0.15, 0.2) is 0 Å². The number of anilines is 2. The number of hydrogen-bond donors (Lipinski definition) is 3. The van der Waals surface area contributed by atoms with E-state index in [1.54, 1.807) is 31.2 Å². The van der Waals surface area contributed by atoms with Gasteiger partial charge in [0, 0.05) is 18.5 Å². The van der Waals surface area contributed by atoms with Gasteiger partial charge in [-0.05, 0) is 44.5 Å². The number of benzene rings is 1. The van der Waals surface area contributed by atoms with Gasteiger partial charge in [0.1, 0.15) is 6.10 Å². The van der Waals surface area contributed by atoms with Gasteiger partial charge in [-0.3, -0.25) is 9.59 Å². The van der Waals surface area contributed by atoms with Crippen molar-refractivity contribution in [1.29, 1.82) is 0 Å². The lowest BCUT2D eigenvalue weighted by atomic mass is 10.2. The summed E-state index contributed by atoms with van der Waals surface area (Å²) < 4.78 is 4.96. The van der Waals surface area contributed by atoms with Gasteiger partial charge in [0.2, 0.25) is 5.91 Å². The molecule has 1 aliphatic rings. The summed E-state index contributed by atoms with van der Waals surface area (Å²) in [4.78, 5) is 23.8. The molecule has 0 spiro atoms. The van der Waals surface area contributed by atoms with Crippen LogP contribution < -0.4 is 16.0 Å². The Kier molecular flexibility index (Phi) is 5.30. The number of hydrogen-bond acceptors (Lipinski definition) is 4. The molecule has 1 fully saturated rings. The summed E-state index contributed by atoms with van der Waals surface area (Å²) in [6.07, 6.45) is 1.35. The lowest BCUT2D eigenvalue weighted by Gasteiger charge is -2.13. The number of amides is 2. The molecule has 1 heterocycles. The van der Waals surface area contributed by atoms with E-state index in [4.69, 9.17) is 4.74 Å². The topological polar surface area (TPSA) is 79.5 Å². The first kappa shape index (κ1) is 15.5. The molecule has 0 bridgehead atoms. The number of methoxy groups -OCH3 is 1. The quantitative estimate of drug-likeness (QED) is 0.765. The molecule has 6 nitrogen and oxygen atoms in total. The molecule has 2 amide bonds. The van der Waals surface area contributed by atoms with Crippen LogP contribution in [0.1, 0.15) is 19.8 Å². The summed E-state index contributed by atoms with van der Waals surface area (Å²) in [5.41, 5.74) is 1.29. The van der Waals surface area contributed by atoms with Crippen molar-refractivity contribution in [1.82, 2.24) is 5.32 Å². The maximum absolute atomic E-state index is 12.0. The minimum absolute atomic E-state index is 0.0405. The molecule has 1 aromatic carbocycles. The third-order valence-electron chi connectivity index (χ3n) is 3.50. The molecule has 2 atom stereocenters. The second-order valence-electron chi connectivity index (χ2n) is 5.09. The van der Waals surface area contributed by atoms with E-state index < -0.39 is 6.10 Å². The molecule has 0 saturated carbocycles. The molecule has 1 saturated heterocycles. The second-order valence-corrected chi connectivity index (χ2v) is 5.09. The van der Waals surface area contributed by atoms with Gasteiger partial charge in [-0.15, -0.1) is 0 Å². The van der Waals surface area contributed by atoms with Gasteiger partial charge in [-0.25, -0.2) is 0 Å². The molecule has 2 unspecified atom stereocenters. The highest BCUT2D eigenvalue weighted by Crippen LogP contribution is 2.17. The summed E-state index contributed by atoms with van der Waals surface area (Å²) in [6.45, 7) is 2.55. The van der Waals surface area contributed by atoms with Crippen LogP contribution in [0.4, 0.5) is 11.4 Å². The number of carbonyl (C=O) groups is 2. The fourth-order valence-corrected chi connectivity index (χ4v) is 2.16. The Morgan fingerprint density at radius 1 is 1.33 bits per heavy atom. The SMILES string of the molecule is COC(C)C(=O)Nc1cccc(NC(=O)C2CCCN2)c1. The van der Waals surface area contributed by atoms with Crippen LogP contribution in [-0.4, -0.2) is 37.6 Å². The monoisotopic (exact) mass is 291 g/mol. The molecule has 21 heavy (non-hydrogen) atoms. The van der Waals surface area contributed by atoms with E-state index >= 15 is 0 Å². The van der Waals surface area contributed by atoms with Crippen molar-refractivity contribution in [2.75, 3.05) is 24.3 Å². The van der Waals surface area contributed by atoms with Crippen LogP contribution in [0.3, 0.4) is 0 Å². The van der Waals surface area contributed by atoms with Crippen molar-refractivity contribution in [2.45, 2.75) is 31.9 Å². The average molecular weight is 291 g/mol. The molecule has 0 aromatic heterocycles. The Labute approximate surface area is 124 Å². The molecule has 3 N–H and O–H groups in total. The van der Waals surface area contributed by atoms with Gasteiger partial charge in [0.05, 0.1) is 6.04 Å². The van der Waals surface area contributed by atoms with Crippen LogP contribution in [0.25, 0.3) is 0 Å². The van der Waals surface area contributed by atoms with Crippen molar-refractivity contribution in [2.24, 2.45) is 0 Å². The van der Waals surface area contributed by atoms with Gasteiger partial charge in [-0.2, -0.15) is 0 Å². The van der Waals surface area contributed by atoms with Crippen LogP contribution in [-0.2, 0) is 14.3 Å². The smallest absolute Gasteiger partial charge is 0.253 e. The summed E-state index contributed by atoms with van der Waals surface area (Å²) in [5, 5.41) is 8.75. The van der Waals surface area contributed by atoms with Crippen molar-refractivity contribution in [3.05, 3.63) is 24.3 Å². The third-order valence-corrected chi connectivity index (χ3v) is 3.50. The molecule has 6 heteroatoms. The van der Waals surface area contributed by atoms with Crippen molar-refractivity contribution in [3.63, 3.8) is 0 Å². The molecule has 1 aliphatic heterocycles. The first-order valence-corrected chi connectivity index (χ1v) is 7.08. The second kappa shape index (κ2) is 7.19. The summed E-state index contributed by atoms with van der Waals surface area (Å²) in [7, 11) is 1.48. The van der Waals surface area contributed by atoms with Gasteiger partial charge >= 0.3 is 0 Å². The van der Waals surface area contributed by atoms with Gasteiger partial charge in [-0.1, -0.05) is 6.07 Å². The van der Waals surface area contributed by atoms with E-state index in [1.165, 1.54) is 7.11 Å². The van der Waals surface area contributed by atoms with Gasteiger partial charge in [0.25, 0.3) is 5.91 Å². The standard InChI is InChI=1S/C15H21N3O3/c1-10(21-2)14(19)17-11-5-3-6-12(9-11)18-15(20)13-7-4-8-16-13/h3,5-6,9-10,13,16H,4,7-8H2,1-2H3,(H,17,19)(H,18,20). The zero-order valence-corrected chi connectivity index (χ0v) is 12.3. The highest BCUT2D eigenvalue weighted by molar-refractivity contribution is 5.97. The zero-order valence-electron chi connectivity index (χ0n) is 12.3. The van der Waals surface area contributed by atoms with E-state index in [2.05, 4.69) is 16.0 Å². The Morgan fingerprint density at radius 2 is 2.05 bits per heavy atom. The first-order chi connectivity index (χ1) is 10.1. The van der Waals surface area contributed by atoms with E-state index in [1.807, 2.05) is 0 Å². The fourth-order valence-electron chi connectivity index (χ4n) is 2.16. The summed E-state index contributed by atoms with van der Waals surface area (Å²) in [6, 6.07) is 6.95. The minimum Gasteiger partial charge on any atom is -0.372 e. The van der Waals surface area contributed by atoms with Crippen LogP contribution in [0.15, 0.2) is 24.3 Å². The van der Waals surface area contributed by atoms with Gasteiger partial charge < -0.3 is 20.7 Å². The molecule has 0 aliphatic carbocycles. The highest BCUT2D eigenvalue weighted by Gasteiger charge is 2.22. The molecule has 1 aromatic rings. The van der Waals surface area contributed by atoms with E-state index in [-0.39, 0.29) is 17.9 Å². The summed E-state index contributed by atoms with van der Waals surface area (Å²) in [5.74, 6) is -0.264. The highest BCUT2D eigenvalue weighted by atomic mass is 16.5. The lowest BCUT2D eigenvalue weighted by Crippen LogP contribution is -2.35. The largest absolute Gasteiger partial charge is 0.372 e. The molecule has 0 radical (unpaired) electrons. The predicted octanol–water partition coefficient (Wildman–Crippen LogP) is 1.35. The summed E-state index contributed by atoms with van der Waals surface area (Å²) >= 11 is 0. The Bertz CT molecular complexity index is 513. The third kappa shape index (κ3) is 4.27. The maximum Gasteiger partial charge on any atom is 0.253 e. The van der Waals surface area contributed by atoms with Crippen molar-refractivity contribution < 1.29 is 14.3 Å². The molecular weight excluding hydrogens is 270 g/mol. The number of carbonyl (C=O) groups excluding carboxylic acids is 2. The Morgan fingerprint density at radius 3 is 2.67 bits per heavy atom. The van der Waals surface area contributed by atoms with Crippen molar-refractivity contribution in [3.8, 4) is 0 Å².